The van der Waals surface area contributed by atoms with E-state index in [2.05, 4.69) is 17.9 Å². The SMILES string of the molecule is Cl.Cl.NCCNCC(=O)S. The average Bonchev–Trinajstić information content (AvgIpc) is 1.66. The summed E-state index contributed by atoms with van der Waals surface area (Å²) in [5.41, 5.74) is 5.12. The standard InChI is InChI=1S/C4H10N2OS.2ClH/c5-1-2-6-3-4(7)8;;/h6H,1-3,5H2,(H,7,8);2*1H. The minimum Gasteiger partial charge on any atom is -0.329 e. The quantitative estimate of drug-likeness (QED) is 0.443. The lowest BCUT2D eigenvalue weighted by atomic mass is 10.6. The van der Waals surface area contributed by atoms with E-state index in [1.54, 1.807) is 0 Å². The lowest BCUT2D eigenvalue weighted by Crippen LogP contribution is -2.26. The van der Waals surface area contributed by atoms with E-state index < -0.39 is 0 Å². The monoisotopic (exact) mass is 206 g/mol. The van der Waals surface area contributed by atoms with Gasteiger partial charge in [0.25, 0.3) is 0 Å². The second-order valence-corrected chi connectivity index (χ2v) is 1.86. The minimum atomic E-state index is -0.154. The number of hydrogen-bond acceptors (Lipinski definition) is 3. The van der Waals surface area contributed by atoms with Crippen molar-refractivity contribution in [3.8, 4) is 0 Å². The Morgan fingerprint density at radius 1 is 1.50 bits per heavy atom. The van der Waals surface area contributed by atoms with Crippen molar-refractivity contribution in [2.75, 3.05) is 19.6 Å². The largest absolute Gasteiger partial charge is 0.329 e. The van der Waals surface area contributed by atoms with Gasteiger partial charge in [-0.15, -0.1) is 37.4 Å². The molecule has 0 unspecified atom stereocenters. The van der Waals surface area contributed by atoms with Gasteiger partial charge in [-0.05, 0) is 0 Å². The van der Waals surface area contributed by atoms with Crippen molar-refractivity contribution in [2.45, 2.75) is 0 Å². The van der Waals surface area contributed by atoms with Crippen LogP contribution < -0.4 is 11.1 Å². The summed E-state index contributed by atoms with van der Waals surface area (Å²) in [7, 11) is 0. The van der Waals surface area contributed by atoms with E-state index >= 15 is 0 Å². The molecule has 0 aromatic rings. The summed E-state index contributed by atoms with van der Waals surface area (Å²) in [5.74, 6) is 0. The Kier molecular flexibility index (Phi) is 20.6. The maximum absolute atomic E-state index is 10.1. The average molecular weight is 207 g/mol. The molecule has 3 nitrogen and oxygen atoms in total. The Balaban J connectivity index is -0.000000245. The maximum atomic E-state index is 10.1. The summed E-state index contributed by atoms with van der Waals surface area (Å²) in [6.45, 7) is 1.54. The first-order chi connectivity index (χ1) is 3.77. The molecule has 3 N–H and O–H groups in total. The molecule has 0 aliphatic heterocycles. The van der Waals surface area contributed by atoms with Crippen LogP contribution in [0.3, 0.4) is 0 Å². The van der Waals surface area contributed by atoms with E-state index in [4.69, 9.17) is 5.73 Å². The smallest absolute Gasteiger partial charge is 0.199 e. The van der Waals surface area contributed by atoms with E-state index in [1.807, 2.05) is 0 Å². The molecule has 0 aliphatic rings. The fraction of sp³-hybridized carbons (Fsp3) is 0.750. The van der Waals surface area contributed by atoms with Crippen LogP contribution in [0.25, 0.3) is 0 Å². The predicted molar refractivity (Wildman–Crippen MR) is 50.4 cm³/mol. The molecule has 0 fully saturated rings. The number of rotatable bonds is 4. The lowest BCUT2D eigenvalue weighted by molar-refractivity contribution is -0.110. The fourth-order valence-corrected chi connectivity index (χ4v) is 0.409. The molecule has 0 heterocycles. The molecule has 0 saturated heterocycles. The van der Waals surface area contributed by atoms with Gasteiger partial charge in [0.15, 0.2) is 5.12 Å². The zero-order valence-electron chi connectivity index (χ0n) is 5.37. The van der Waals surface area contributed by atoms with Gasteiger partial charge in [0, 0.05) is 13.1 Å². The molecule has 10 heavy (non-hydrogen) atoms. The van der Waals surface area contributed by atoms with Crippen molar-refractivity contribution in [3.05, 3.63) is 0 Å². The van der Waals surface area contributed by atoms with Crippen molar-refractivity contribution >= 4 is 42.6 Å². The van der Waals surface area contributed by atoms with Crippen LogP contribution in [0.5, 0.6) is 0 Å². The third-order valence-corrected chi connectivity index (χ3v) is 0.755. The Bertz CT molecular complexity index is 83.7. The van der Waals surface area contributed by atoms with Crippen molar-refractivity contribution in [1.82, 2.24) is 5.32 Å². The molecular weight excluding hydrogens is 195 g/mol. The Morgan fingerprint density at radius 2 is 2.00 bits per heavy atom. The minimum absolute atomic E-state index is 0. The van der Waals surface area contributed by atoms with Crippen LogP contribution in [-0.4, -0.2) is 24.7 Å². The number of hydrogen-bond donors (Lipinski definition) is 3. The lowest BCUT2D eigenvalue weighted by Gasteiger charge is -1.94. The van der Waals surface area contributed by atoms with Gasteiger partial charge in [0.05, 0.1) is 6.54 Å². The molecule has 0 bridgehead atoms. The number of carbonyl (C=O) groups is 1. The highest BCUT2D eigenvalue weighted by molar-refractivity contribution is 7.96. The van der Waals surface area contributed by atoms with Crippen LogP contribution in [0, 0.1) is 0 Å². The second-order valence-electron chi connectivity index (χ2n) is 1.36. The Labute approximate surface area is 78.3 Å². The maximum Gasteiger partial charge on any atom is 0.199 e. The second kappa shape index (κ2) is 12.2. The van der Waals surface area contributed by atoms with Crippen molar-refractivity contribution in [3.63, 3.8) is 0 Å². The van der Waals surface area contributed by atoms with Gasteiger partial charge in [0.1, 0.15) is 0 Å². The molecule has 0 atom stereocenters. The van der Waals surface area contributed by atoms with E-state index in [1.165, 1.54) is 0 Å². The van der Waals surface area contributed by atoms with Gasteiger partial charge in [-0.3, -0.25) is 4.79 Å². The van der Waals surface area contributed by atoms with E-state index in [0.29, 0.717) is 19.6 Å². The van der Waals surface area contributed by atoms with Crippen LogP contribution in [0.4, 0.5) is 0 Å². The number of thiol groups is 1. The summed E-state index contributed by atoms with van der Waals surface area (Å²) >= 11 is 3.53. The van der Waals surface area contributed by atoms with E-state index in [9.17, 15) is 4.79 Å². The molecule has 0 spiro atoms. The zero-order valence-corrected chi connectivity index (χ0v) is 7.90. The zero-order chi connectivity index (χ0) is 6.41. The summed E-state index contributed by atoms with van der Waals surface area (Å²) < 4.78 is 0. The Morgan fingerprint density at radius 3 is 2.30 bits per heavy atom. The molecule has 0 amide bonds. The summed E-state index contributed by atoms with van der Waals surface area (Å²) in [5, 5.41) is 2.63. The molecule has 0 radical (unpaired) electrons. The van der Waals surface area contributed by atoms with Crippen LogP contribution in [0.1, 0.15) is 0 Å². The van der Waals surface area contributed by atoms with Gasteiger partial charge >= 0.3 is 0 Å². The van der Waals surface area contributed by atoms with Gasteiger partial charge in [-0.2, -0.15) is 0 Å². The third-order valence-electron chi connectivity index (χ3n) is 0.597. The first kappa shape index (κ1) is 16.9. The van der Waals surface area contributed by atoms with Crippen LogP contribution in [0.2, 0.25) is 0 Å². The summed E-state index contributed by atoms with van der Waals surface area (Å²) in [6, 6.07) is 0. The fourth-order valence-electron chi connectivity index (χ4n) is 0.297. The van der Waals surface area contributed by atoms with Gasteiger partial charge < -0.3 is 11.1 Å². The number of carbonyl (C=O) groups excluding carboxylic acids is 1. The number of nitrogens with two attached hydrogens (primary N) is 1. The topological polar surface area (TPSA) is 55.1 Å². The predicted octanol–water partition coefficient (Wildman–Crippen LogP) is -0.165. The molecule has 0 saturated carbocycles. The van der Waals surface area contributed by atoms with Crippen molar-refractivity contribution < 1.29 is 4.79 Å². The van der Waals surface area contributed by atoms with Gasteiger partial charge in [-0.1, -0.05) is 0 Å². The van der Waals surface area contributed by atoms with Gasteiger partial charge in [-0.25, -0.2) is 0 Å². The van der Waals surface area contributed by atoms with Crippen LogP contribution in [0.15, 0.2) is 0 Å². The highest BCUT2D eigenvalue weighted by Crippen LogP contribution is 1.71. The first-order valence-corrected chi connectivity index (χ1v) is 2.84. The van der Waals surface area contributed by atoms with Gasteiger partial charge in [0.2, 0.25) is 0 Å². The van der Waals surface area contributed by atoms with Crippen molar-refractivity contribution in [2.24, 2.45) is 5.73 Å². The van der Waals surface area contributed by atoms with E-state index in [0.717, 1.165) is 0 Å². The van der Waals surface area contributed by atoms with E-state index in [-0.39, 0.29) is 29.9 Å². The van der Waals surface area contributed by atoms with Crippen molar-refractivity contribution in [1.29, 1.82) is 0 Å². The molecule has 0 rings (SSSR count). The highest BCUT2D eigenvalue weighted by atomic mass is 35.5. The molecule has 0 aromatic carbocycles. The molecular formula is C4H12Cl2N2OS. The first-order valence-electron chi connectivity index (χ1n) is 2.40. The molecule has 64 valence electrons. The molecule has 0 aromatic heterocycles. The summed E-state index contributed by atoms with van der Waals surface area (Å²) in [4.78, 5) is 10.1. The normalized spacial score (nSPS) is 7.40. The Hall–Kier alpha value is 0.520. The van der Waals surface area contributed by atoms with Crippen LogP contribution >= 0.6 is 37.4 Å². The number of halogens is 2. The summed E-state index contributed by atoms with van der Waals surface area (Å²) in [6.07, 6.45) is 0. The molecule has 0 aliphatic carbocycles. The highest BCUT2D eigenvalue weighted by Gasteiger charge is 1.88. The van der Waals surface area contributed by atoms with Crippen LogP contribution in [-0.2, 0) is 4.79 Å². The number of nitrogens with one attached hydrogen (secondary N) is 1. The third kappa shape index (κ3) is 15.8. The molecule has 6 heteroatoms.